The molecule has 0 aliphatic carbocycles. The minimum absolute atomic E-state index is 0.0203. The summed E-state index contributed by atoms with van der Waals surface area (Å²) in [5.74, 6) is -10.4. The van der Waals surface area contributed by atoms with Crippen LogP contribution in [-0.4, -0.2) is 154 Å². The molecule has 0 saturated carbocycles. The summed E-state index contributed by atoms with van der Waals surface area (Å²) in [5, 5.41) is 27.0. The molecule has 18 N–H and O–H groups in total. The Bertz CT molecular complexity index is 2320. The van der Waals surface area contributed by atoms with Crippen LogP contribution in [0.3, 0.4) is 0 Å². The van der Waals surface area contributed by atoms with E-state index in [1.807, 2.05) is 0 Å². The first-order valence-electron chi connectivity index (χ1n) is 23.0. The maximum Gasteiger partial charge on any atom is 0.246 e. The molecule has 7 atom stereocenters. The quantitative estimate of drug-likeness (QED) is 0.0151. The number of hydrogen-bond donors (Lipinski definition) is 15. The van der Waals surface area contributed by atoms with E-state index in [-0.39, 0.29) is 74.8 Å². The second-order valence-corrected chi connectivity index (χ2v) is 17.6. The first-order chi connectivity index (χ1) is 34.6. The average molecular weight is 1060 g/mol. The van der Waals surface area contributed by atoms with Crippen molar-refractivity contribution in [3.8, 4) is 5.75 Å². The molecule has 11 amide bonds. The molecule has 73 heavy (non-hydrogen) atoms. The average Bonchev–Trinajstić information content (AvgIpc) is 3.83. The van der Waals surface area contributed by atoms with Gasteiger partial charge in [0.2, 0.25) is 65.0 Å². The van der Waals surface area contributed by atoms with E-state index in [1.165, 1.54) is 24.3 Å². The summed E-state index contributed by atoms with van der Waals surface area (Å²) in [6, 6.07) is 4.02. The topological polar surface area (TPSA) is 438 Å². The van der Waals surface area contributed by atoms with Crippen LogP contribution in [0.4, 0.5) is 0 Å². The molecule has 1 saturated heterocycles. The van der Waals surface area contributed by atoms with E-state index < -0.39 is 127 Å². The van der Waals surface area contributed by atoms with E-state index in [9.17, 15) is 57.8 Å². The molecule has 2 aromatic rings. The number of rotatable bonds is 30. The van der Waals surface area contributed by atoms with Crippen molar-refractivity contribution >= 4 is 96.2 Å². The molecule has 26 nitrogen and oxygen atoms in total. The van der Waals surface area contributed by atoms with Gasteiger partial charge in [-0.2, -0.15) is 25.3 Å². The van der Waals surface area contributed by atoms with Gasteiger partial charge in [0.25, 0.3) is 0 Å². The molecular weight excluding hydrogens is 993 g/mol. The van der Waals surface area contributed by atoms with E-state index in [1.54, 1.807) is 30.3 Å². The van der Waals surface area contributed by atoms with Gasteiger partial charge in [0, 0.05) is 38.1 Å². The van der Waals surface area contributed by atoms with Crippen molar-refractivity contribution in [2.24, 2.45) is 33.7 Å². The Kier molecular flexibility index (Phi) is 24.8. The number of nitrogens with two attached hydrogens (primary N) is 5. The number of carbonyl (C=O) groups is 11. The number of amides is 11. The molecule has 1 aliphatic heterocycles. The maximum absolute atomic E-state index is 14.1. The molecule has 1 aliphatic rings. The molecule has 28 heteroatoms. The SMILES string of the molecule is NC(=O)CNC(=O)[C@@H](CCCN=C(N)N)NC(=O)[C@@H]1CCCN1C(=O)[C@H](CS)NC(=O)[C@H](CC(N)=O)NC(=O)[C@H](CC(N)=O)NC(=O)[C@H](Cc1ccccc1)NC(=O)[C@H](Cc1ccc(O)cc1)NC(=O)CCS. The van der Waals surface area contributed by atoms with Crippen molar-refractivity contribution in [3.05, 3.63) is 65.7 Å². The van der Waals surface area contributed by atoms with Gasteiger partial charge in [-0.15, -0.1) is 0 Å². The summed E-state index contributed by atoms with van der Waals surface area (Å²) in [5.41, 5.74) is 27.9. The first-order valence-corrected chi connectivity index (χ1v) is 24.2. The summed E-state index contributed by atoms with van der Waals surface area (Å²) in [7, 11) is 0. The molecule has 0 unspecified atom stereocenters. The van der Waals surface area contributed by atoms with Crippen molar-refractivity contribution in [1.29, 1.82) is 0 Å². The number of aliphatic imine (C=N–C) groups is 1. The Balaban J connectivity index is 1.83. The lowest BCUT2D eigenvalue weighted by molar-refractivity contribution is -0.142. The number of carbonyl (C=O) groups excluding carboxylic acids is 11. The van der Waals surface area contributed by atoms with Gasteiger partial charge in [-0.3, -0.25) is 57.7 Å². The smallest absolute Gasteiger partial charge is 0.246 e. The van der Waals surface area contributed by atoms with Crippen LogP contribution in [0.5, 0.6) is 5.75 Å². The van der Waals surface area contributed by atoms with Crippen LogP contribution in [-0.2, 0) is 65.6 Å². The van der Waals surface area contributed by atoms with Crippen LogP contribution >= 0.6 is 25.3 Å². The highest BCUT2D eigenvalue weighted by Gasteiger charge is 2.40. The predicted octanol–water partition coefficient (Wildman–Crippen LogP) is -5.27. The lowest BCUT2D eigenvalue weighted by Crippen LogP contribution is -2.61. The molecule has 3 rings (SSSR count). The Labute approximate surface area is 431 Å². The van der Waals surface area contributed by atoms with Crippen molar-refractivity contribution in [2.45, 2.75) is 100 Å². The zero-order valence-corrected chi connectivity index (χ0v) is 41.5. The lowest BCUT2D eigenvalue weighted by Gasteiger charge is -2.30. The second-order valence-electron chi connectivity index (χ2n) is 16.8. The van der Waals surface area contributed by atoms with Crippen LogP contribution < -0.4 is 65.9 Å². The van der Waals surface area contributed by atoms with Crippen molar-refractivity contribution < 1.29 is 57.8 Å². The number of phenolic OH excluding ortho intramolecular Hbond substituents is 1. The third-order valence-corrected chi connectivity index (χ3v) is 11.6. The number of phenols is 1. The molecule has 1 fully saturated rings. The zero-order chi connectivity index (χ0) is 54.2. The molecule has 0 radical (unpaired) electrons. The van der Waals surface area contributed by atoms with Crippen LogP contribution in [0, 0.1) is 0 Å². The number of nitrogens with one attached hydrogen (secondary N) is 7. The fraction of sp³-hybridized carbons (Fsp3) is 0.467. The summed E-state index contributed by atoms with van der Waals surface area (Å²) in [6.07, 6.45) is -1.27. The first kappa shape index (κ1) is 59.7. The van der Waals surface area contributed by atoms with Crippen molar-refractivity contribution in [3.63, 3.8) is 0 Å². The normalized spacial score (nSPS) is 15.3. The van der Waals surface area contributed by atoms with Crippen molar-refractivity contribution in [2.75, 3.05) is 31.1 Å². The third kappa shape index (κ3) is 20.9. The summed E-state index contributed by atoms with van der Waals surface area (Å²) >= 11 is 8.31. The number of hydrogen-bond acceptors (Lipinski definition) is 15. The zero-order valence-electron chi connectivity index (χ0n) is 39.8. The summed E-state index contributed by atoms with van der Waals surface area (Å²) in [6.45, 7) is -0.382. The van der Waals surface area contributed by atoms with E-state index in [0.717, 1.165) is 4.90 Å². The summed E-state index contributed by atoms with van der Waals surface area (Å²) < 4.78 is 0. The van der Waals surface area contributed by atoms with Crippen molar-refractivity contribution in [1.82, 2.24) is 42.1 Å². The Hall–Kier alpha value is -7.62. The molecule has 1 heterocycles. The fourth-order valence-corrected chi connectivity index (χ4v) is 7.89. The second kappa shape index (κ2) is 30.3. The highest BCUT2D eigenvalue weighted by atomic mass is 32.1. The lowest BCUT2D eigenvalue weighted by atomic mass is 10.0. The highest BCUT2D eigenvalue weighted by molar-refractivity contribution is 7.80. The van der Waals surface area contributed by atoms with Crippen LogP contribution in [0.25, 0.3) is 0 Å². The predicted molar refractivity (Wildman–Crippen MR) is 270 cm³/mol. The van der Waals surface area contributed by atoms with E-state index in [0.29, 0.717) is 17.5 Å². The number of nitrogens with zero attached hydrogens (tertiary/aromatic N) is 2. The number of benzene rings is 2. The molecule has 0 aromatic heterocycles. The monoisotopic (exact) mass is 1060 g/mol. The Morgan fingerprint density at radius 1 is 0.630 bits per heavy atom. The number of aromatic hydroxyl groups is 1. The van der Waals surface area contributed by atoms with Gasteiger partial charge >= 0.3 is 0 Å². The van der Waals surface area contributed by atoms with Gasteiger partial charge < -0.3 is 75.9 Å². The maximum atomic E-state index is 14.1. The standard InChI is InChI=1S/C45H64N14O12S2/c46-34(61)20-30(56-40(67)29(18-24-6-2-1-3-7-24)55-39(66)28(53-37(64)14-17-72)19-25-10-12-26(60)13-11-25)41(68)57-31(21-35(47)62)42(69)58-32(23-73)44(71)59-16-5-9-33(59)43(70)54-27(8-4-15-51-45(49)50)38(65)52-22-36(48)63/h1-3,6-7,10-13,27-33,60,72-73H,4-5,8-9,14-23H2,(H2,46,61)(H2,47,62)(H2,48,63)(H,52,65)(H,53,64)(H,54,70)(H,55,66)(H,56,67)(H,57,68)(H,58,69)(H4,49,50,51)/t27-,28+,29+,30+,31+,32+,33+/m1/s1. The van der Waals surface area contributed by atoms with Gasteiger partial charge in [-0.1, -0.05) is 42.5 Å². The fourth-order valence-electron chi connectivity index (χ4n) is 7.44. The number of primary amides is 3. The van der Waals surface area contributed by atoms with Gasteiger partial charge in [-0.25, -0.2) is 0 Å². The number of guanidine groups is 1. The van der Waals surface area contributed by atoms with Gasteiger partial charge in [-0.05, 0) is 54.7 Å². The molecule has 398 valence electrons. The van der Waals surface area contributed by atoms with E-state index in [4.69, 9.17) is 28.7 Å². The highest BCUT2D eigenvalue weighted by Crippen LogP contribution is 2.20. The van der Waals surface area contributed by atoms with Gasteiger partial charge in [0.05, 0.1) is 19.4 Å². The number of likely N-dealkylation sites (tertiary alicyclic amines) is 1. The van der Waals surface area contributed by atoms with Crippen LogP contribution in [0.2, 0.25) is 0 Å². The van der Waals surface area contributed by atoms with Gasteiger partial charge in [0.1, 0.15) is 48.0 Å². The third-order valence-electron chi connectivity index (χ3n) is 11.0. The molecular formula is C45H64N14O12S2. The van der Waals surface area contributed by atoms with Crippen LogP contribution in [0.1, 0.15) is 56.1 Å². The van der Waals surface area contributed by atoms with E-state index in [2.05, 4.69) is 67.5 Å². The minimum atomic E-state index is -1.83. The largest absolute Gasteiger partial charge is 0.508 e. The Morgan fingerprint density at radius 3 is 1.67 bits per heavy atom. The summed E-state index contributed by atoms with van der Waals surface area (Å²) in [4.78, 5) is 150. The molecule has 0 bridgehead atoms. The minimum Gasteiger partial charge on any atom is -0.508 e. The van der Waals surface area contributed by atoms with Crippen LogP contribution in [0.15, 0.2) is 59.6 Å². The van der Waals surface area contributed by atoms with Gasteiger partial charge in [0.15, 0.2) is 5.96 Å². The molecule has 0 spiro atoms. The number of thiol groups is 2. The Morgan fingerprint density at radius 2 is 1.15 bits per heavy atom. The molecule has 2 aromatic carbocycles. The van der Waals surface area contributed by atoms with E-state index >= 15 is 0 Å².